The second-order valence-corrected chi connectivity index (χ2v) is 6.21. The molecule has 3 amide bonds. The van der Waals surface area contributed by atoms with E-state index in [0.717, 1.165) is 22.6 Å². The van der Waals surface area contributed by atoms with E-state index < -0.39 is 12.1 Å². The van der Waals surface area contributed by atoms with E-state index >= 15 is 0 Å². The number of primary amides is 1. The predicted molar refractivity (Wildman–Crippen MR) is 94.1 cm³/mol. The molecule has 0 spiro atoms. The molecule has 6 nitrogen and oxygen atoms in total. The Kier molecular flexibility index (Phi) is 6.62. The Morgan fingerprint density at radius 1 is 1.25 bits per heavy atom. The van der Waals surface area contributed by atoms with E-state index in [0.29, 0.717) is 6.54 Å². The van der Waals surface area contributed by atoms with Crippen molar-refractivity contribution in [2.45, 2.75) is 18.9 Å². The highest BCUT2D eigenvalue weighted by molar-refractivity contribution is 7.10. The molecule has 2 rings (SSSR count). The lowest BCUT2D eigenvalue weighted by atomic mass is 10.1. The Hall–Kier alpha value is -2.54. The first-order chi connectivity index (χ1) is 11.6. The molecule has 4 N–H and O–H groups in total. The van der Waals surface area contributed by atoms with Gasteiger partial charge in [0, 0.05) is 11.4 Å². The molecule has 0 bridgehead atoms. The van der Waals surface area contributed by atoms with Crippen LogP contribution in [-0.4, -0.2) is 25.6 Å². The summed E-state index contributed by atoms with van der Waals surface area (Å²) in [7, 11) is 1.62. The predicted octanol–water partition coefficient (Wildman–Crippen LogP) is 2.22. The Labute approximate surface area is 145 Å². The minimum absolute atomic E-state index is 0.129. The van der Waals surface area contributed by atoms with Crippen molar-refractivity contribution in [1.29, 1.82) is 0 Å². The van der Waals surface area contributed by atoms with Crippen LogP contribution in [0.2, 0.25) is 0 Å². The maximum atomic E-state index is 12.1. The zero-order valence-electron chi connectivity index (χ0n) is 13.5. The third kappa shape index (κ3) is 5.58. The molecule has 2 aromatic rings. The largest absolute Gasteiger partial charge is 0.497 e. The monoisotopic (exact) mass is 347 g/mol. The van der Waals surface area contributed by atoms with E-state index in [-0.39, 0.29) is 12.3 Å². The van der Waals surface area contributed by atoms with Crippen LogP contribution in [0.15, 0.2) is 41.8 Å². The number of hydrogen-bond donors (Lipinski definition) is 3. The van der Waals surface area contributed by atoms with Gasteiger partial charge < -0.3 is 21.1 Å². The van der Waals surface area contributed by atoms with Crippen LogP contribution in [0.1, 0.15) is 22.9 Å². The summed E-state index contributed by atoms with van der Waals surface area (Å²) in [6.07, 6.45) is 0.884. The number of nitrogens with two attached hydrogens (primary N) is 1. The van der Waals surface area contributed by atoms with E-state index in [4.69, 9.17) is 10.5 Å². The van der Waals surface area contributed by atoms with Gasteiger partial charge in [0.25, 0.3) is 0 Å². The second-order valence-electron chi connectivity index (χ2n) is 5.23. The maximum Gasteiger partial charge on any atom is 0.312 e. The summed E-state index contributed by atoms with van der Waals surface area (Å²) in [6.45, 7) is 0.527. The molecule has 0 unspecified atom stereocenters. The van der Waals surface area contributed by atoms with Gasteiger partial charge in [0.15, 0.2) is 0 Å². The molecular weight excluding hydrogens is 326 g/mol. The Bertz CT molecular complexity index is 656. The summed E-state index contributed by atoms with van der Waals surface area (Å²) >= 11 is 1.48. The van der Waals surface area contributed by atoms with Crippen molar-refractivity contribution in [3.05, 3.63) is 52.2 Å². The highest BCUT2D eigenvalue weighted by atomic mass is 32.1. The second kappa shape index (κ2) is 8.93. The van der Waals surface area contributed by atoms with Crippen LogP contribution in [0.5, 0.6) is 5.75 Å². The molecule has 0 aliphatic heterocycles. The topological polar surface area (TPSA) is 93.4 Å². The summed E-state index contributed by atoms with van der Waals surface area (Å²) < 4.78 is 5.11. The molecule has 0 aliphatic carbocycles. The molecule has 1 atom stereocenters. The molecule has 1 aromatic heterocycles. The first-order valence-electron chi connectivity index (χ1n) is 7.57. The summed E-state index contributed by atoms with van der Waals surface area (Å²) in [4.78, 5) is 24.1. The fraction of sp³-hybridized carbons (Fsp3) is 0.294. The van der Waals surface area contributed by atoms with Crippen molar-refractivity contribution in [2.24, 2.45) is 5.73 Å². The number of carbonyl (C=O) groups is 2. The van der Waals surface area contributed by atoms with Crippen molar-refractivity contribution in [3.8, 4) is 5.75 Å². The van der Waals surface area contributed by atoms with Crippen molar-refractivity contribution >= 4 is 23.3 Å². The fourth-order valence-corrected chi connectivity index (χ4v) is 3.06. The summed E-state index contributed by atoms with van der Waals surface area (Å²) in [5.74, 6) is 0.676. The number of rotatable bonds is 8. The minimum Gasteiger partial charge on any atom is -0.497 e. The van der Waals surface area contributed by atoms with Gasteiger partial charge in [0.1, 0.15) is 5.75 Å². The SMILES string of the molecule is COc1ccc(CCNC(=O)C[C@@H](NC(N)=O)c2cccs2)cc1. The zero-order chi connectivity index (χ0) is 17.4. The molecule has 0 fully saturated rings. The number of benzene rings is 1. The lowest BCUT2D eigenvalue weighted by Crippen LogP contribution is -2.36. The number of thiophene rings is 1. The number of nitrogens with one attached hydrogen (secondary N) is 2. The van der Waals surface area contributed by atoms with Crippen LogP contribution in [0.3, 0.4) is 0 Å². The molecule has 0 saturated carbocycles. The number of amides is 3. The molecule has 0 saturated heterocycles. The molecule has 0 radical (unpaired) electrons. The van der Waals surface area contributed by atoms with Gasteiger partial charge in [-0.25, -0.2) is 4.79 Å². The summed E-state index contributed by atoms with van der Waals surface area (Å²) in [5.41, 5.74) is 6.30. The maximum absolute atomic E-state index is 12.1. The first-order valence-corrected chi connectivity index (χ1v) is 8.45. The molecule has 1 aromatic carbocycles. The smallest absolute Gasteiger partial charge is 0.312 e. The van der Waals surface area contributed by atoms with Gasteiger partial charge in [-0.3, -0.25) is 4.79 Å². The molecule has 7 heteroatoms. The number of ether oxygens (including phenoxy) is 1. The standard InChI is InChI=1S/C17H21N3O3S/c1-23-13-6-4-12(5-7-13)8-9-19-16(21)11-14(20-17(18)22)15-3-2-10-24-15/h2-7,10,14H,8-9,11H2,1H3,(H,19,21)(H3,18,20,22)/t14-/m1/s1. The third-order valence-corrected chi connectivity index (χ3v) is 4.47. The third-order valence-electron chi connectivity index (χ3n) is 3.49. The first kappa shape index (κ1) is 17.8. The van der Waals surface area contributed by atoms with E-state index in [1.807, 2.05) is 41.8 Å². The quantitative estimate of drug-likeness (QED) is 0.683. The summed E-state index contributed by atoms with van der Waals surface area (Å²) in [5, 5.41) is 7.37. The number of methoxy groups -OCH3 is 1. The van der Waals surface area contributed by atoms with Crippen LogP contribution < -0.4 is 21.1 Å². The van der Waals surface area contributed by atoms with Gasteiger partial charge in [-0.05, 0) is 35.6 Å². The van der Waals surface area contributed by atoms with E-state index in [9.17, 15) is 9.59 Å². The zero-order valence-corrected chi connectivity index (χ0v) is 14.3. The van der Waals surface area contributed by atoms with Gasteiger partial charge in [-0.2, -0.15) is 0 Å². The van der Waals surface area contributed by atoms with Crippen LogP contribution in [0.4, 0.5) is 4.79 Å². The van der Waals surface area contributed by atoms with Crippen LogP contribution >= 0.6 is 11.3 Å². The number of hydrogen-bond acceptors (Lipinski definition) is 4. The molecule has 24 heavy (non-hydrogen) atoms. The van der Waals surface area contributed by atoms with E-state index in [1.54, 1.807) is 7.11 Å². The van der Waals surface area contributed by atoms with E-state index in [2.05, 4.69) is 10.6 Å². The highest BCUT2D eigenvalue weighted by Gasteiger charge is 2.18. The molecule has 0 aliphatic rings. The highest BCUT2D eigenvalue weighted by Crippen LogP contribution is 2.21. The van der Waals surface area contributed by atoms with Gasteiger partial charge in [0.05, 0.1) is 19.6 Å². The average molecular weight is 347 g/mol. The van der Waals surface area contributed by atoms with Crippen LogP contribution in [-0.2, 0) is 11.2 Å². The lowest BCUT2D eigenvalue weighted by Gasteiger charge is -2.16. The fourth-order valence-electron chi connectivity index (χ4n) is 2.28. The van der Waals surface area contributed by atoms with Crippen LogP contribution in [0.25, 0.3) is 0 Å². The van der Waals surface area contributed by atoms with E-state index in [1.165, 1.54) is 11.3 Å². The molecule has 128 valence electrons. The van der Waals surface area contributed by atoms with Gasteiger partial charge >= 0.3 is 6.03 Å². The van der Waals surface area contributed by atoms with Crippen LogP contribution in [0, 0.1) is 0 Å². The number of urea groups is 1. The summed E-state index contributed by atoms with van der Waals surface area (Å²) in [6, 6.07) is 10.4. The lowest BCUT2D eigenvalue weighted by molar-refractivity contribution is -0.121. The van der Waals surface area contributed by atoms with Gasteiger partial charge in [-0.1, -0.05) is 18.2 Å². The molecule has 1 heterocycles. The average Bonchev–Trinajstić information content (AvgIpc) is 3.09. The van der Waals surface area contributed by atoms with Crippen molar-refractivity contribution in [1.82, 2.24) is 10.6 Å². The van der Waals surface area contributed by atoms with Crippen molar-refractivity contribution < 1.29 is 14.3 Å². The van der Waals surface area contributed by atoms with Crippen molar-refractivity contribution in [3.63, 3.8) is 0 Å². The van der Waals surface area contributed by atoms with Gasteiger partial charge in [-0.15, -0.1) is 11.3 Å². The van der Waals surface area contributed by atoms with Gasteiger partial charge in [0.2, 0.25) is 5.91 Å². The molecular formula is C17H21N3O3S. The minimum atomic E-state index is -0.639. The Balaban J connectivity index is 1.81. The van der Waals surface area contributed by atoms with Crippen molar-refractivity contribution in [2.75, 3.05) is 13.7 Å². The Morgan fingerprint density at radius 2 is 2.00 bits per heavy atom. The normalized spacial score (nSPS) is 11.5. The Morgan fingerprint density at radius 3 is 2.58 bits per heavy atom. The number of carbonyl (C=O) groups excluding carboxylic acids is 2.